The van der Waals surface area contributed by atoms with E-state index in [1.807, 2.05) is 13.0 Å². The molecule has 0 amide bonds. The number of rotatable bonds is 4. The molecule has 0 unspecified atom stereocenters. The van der Waals surface area contributed by atoms with Gasteiger partial charge in [0, 0.05) is 6.42 Å². The number of aliphatic hydroxyl groups is 1. The number of aliphatic hydroxyl groups excluding tert-OH is 1. The van der Waals surface area contributed by atoms with Gasteiger partial charge in [-0.25, -0.2) is 0 Å². The van der Waals surface area contributed by atoms with Gasteiger partial charge in [0.15, 0.2) is 5.78 Å². The summed E-state index contributed by atoms with van der Waals surface area (Å²) in [7, 11) is 0. The Morgan fingerprint density at radius 3 is 2.75 bits per heavy atom. The standard InChI is InChI=1S/C26H40O2/c1-5-19(27)8-6-17(2)22-10-11-23-21-9-7-18-16-20(28)12-14-25(18,3)24(21)13-15-26(22,23)4/h6-8,17,20-24,28H,5,9-16H2,1-4H3/b8-6+/t17-,20+,21+,22-,23+,24+,25+,26-/m1/s1. The summed E-state index contributed by atoms with van der Waals surface area (Å²) >= 11 is 0. The van der Waals surface area contributed by atoms with Gasteiger partial charge >= 0.3 is 0 Å². The van der Waals surface area contributed by atoms with Gasteiger partial charge in [0.2, 0.25) is 0 Å². The summed E-state index contributed by atoms with van der Waals surface area (Å²) in [6, 6.07) is 0. The van der Waals surface area contributed by atoms with Crippen LogP contribution in [-0.2, 0) is 4.79 Å². The second kappa shape index (κ2) is 7.42. The molecule has 0 radical (unpaired) electrons. The van der Waals surface area contributed by atoms with Crippen molar-refractivity contribution in [3.05, 3.63) is 23.8 Å². The van der Waals surface area contributed by atoms with E-state index in [0.29, 0.717) is 29.1 Å². The van der Waals surface area contributed by atoms with Crippen molar-refractivity contribution in [3.8, 4) is 0 Å². The van der Waals surface area contributed by atoms with E-state index in [2.05, 4.69) is 32.9 Å². The van der Waals surface area contributed by atoms with Crippen molar-refractivity contribution in [2.75, 3.05) is 0 Å². The number of carbonyl (C=O) groups is 1. The summed E-state index contributed by atoms with van der Waals surface area (Å²) in [5.41, 5.74) is 2.33. The first kappa shape index (κ1) is 20.4. The van der Waals surface area contributed by atoms with Crippen LogP contribution in [0.2, 0.25) is 0 Å². The lowest BCUT2D eigenvalue weighted by atomic mass is 9.47. The van der Waals surface area contributed by atoms with Gasteiger partial charge in [-0.2, -0.15) is 0 Å². The Morgan fingerprint density at radius 2 is 2.00 bits per heavy atom. The Hall–Kier alpha value is -0.890. The van der Waals surface area contributed by atoms with Crippen LogP contribution < -0.4 is 0 Å². The van der Waals surface area contributed by atoms with Crippen LogP contribution in [0.5, 0.6) is 0 Å². The summed E-state index contributed by atoms with van der Waals surface area (Å²) in [5, 5.41) is 10.2. The summed E-state index contributed by atoms with van der Waals surface area (Å²) in [6.07, 6.45) is 16.8. The first-order valence-electron chi connectivity index (χ1n) is 11.9. The summed E-state index contributed by atoms with van der Waals surface area (Å²) < 4.78 is 0. The molecule has 0 aromatic heterocycles. The fourth-order valence-corrected chi connectivity index (χ4v) is 8.06. The highest BCUT2D eigenvalue weighted by Crippen LogP contribution is 2.67. The van der Waals surface area contributed by atoms with Crippen LogP contribution >= 0.6 is 0 Å². The van der Waals surface area contributed by atoms with E-state index < -0.39 is 0 Å². The van der Waals surface area contributed by atoms with Crippen LogP contribution in [-0.4, -0.2) is 17.0 Å². The summed E-state index contributed by atoms with van der Waals surface area (Å²) in [6.45, 7) is 9.37. The second-order valence-corrected chi connectivity index (χ2v) is 10.9. The zero-order valence-electron chi connectivity index (χ0n) is 18.4. The van der Waals surface area contributed by atoms with E-state index in [4.69, 9.17) is 0 Å². The van der Waals surface area contributed by atoms with E-state index >= 15 is 0 Å². The second-order valence-electron chi connectivity index (χ2n) is 10.9. The van der Waals surface area contributed by atoms with Crippen molar-refractivity contribution < 1.29 is 9.90 Å². The van der Waals surface area contributed by atoms with Crippen LogP contribution in [0, 0.1) is 40.4 Å². The molecule has 4 aliphatic carbocycles. The average molecular weight is 385 g/mol. The highest BCUT2D eigenvalue weighted by molar-refractivity contribution is 5.89. The molecule has 0 spiro atoms. The van der Waals surface area contributed by atoms with E-state index in [0.717, 1.165) is 30.6 Å². The molecule has 3 fully saturated rings. The number of allylic oxidation sites excluding steroid dienone is 3. The predicted octanol–water partition coefficient (Wildman–Crippen LogP) is 6.10. The van der Waals surface area contributed by atoms with Crippen molar-refractivity contribution in [3.63, 3.8) is 0 Å². The topological polar surface area (TPSA) is 37.3 Å². The van der Waals surface area contributed by atoms with E-state index in [1.54, 1.807) is 5.57 Å². The number of carbonyl (C=O) groups excluding carboxylic acids is 1. The molecule has 8 atom stereocenters. The van der Waals surface area contributed by atoms with Gasteiger partial charge in [0.1, 0.15) is 0 Å². The first-order chi connectivity index (χ1) is 13.3. The molecule has 28 heavy (non-hydrogen) atoms. The average Bonchev–Trinajstić information content (AvgIpc) is 3.03. The van der Waals surface area contributed by atoms with Crippen molar-refractivity contribution in [2.24, 2.45) is 40.4 Å². The minimum Gasteiger partial charge on any atom is -0.393 e. The molecule has 0 saturated heterocycles. The zero-order valence-corrected chi connectivity index (χ0v) is 18.4. The molecule has 4 rings (SSSR count). The third-order valence-electron chi connectivity index (χ3n) is 9.72. The third-order valence-corrected chi connectivity index (χ3v) is 9.72. The highest BCUT2D eigenvalue weighted by atomic mass is 16.3. The molecule has 0 aliphatic heterocycles. The maximum Gasteiger partial charge on any atom is 0.155 e. The van der Waals surface area contributed by atoms with E-state index in [1.165, 1.54) is 38.5 Å². The Balaban J connectivity index is 1.55. The Morgan fingerprint density at radius 1 is 1.21 bits per heavy atom. The third kappa shape index (κ3) is 3.15. The molecule has 0 aromatic rings. The Labute approximate surface area is 171 Å². The molecular weight excluding hydrogens is 344 g/mol. The van der Waals surface area contributed by atoms with Gasteiger partial charge in [0.05, 0.1) is 6.10 Å². The first-order valence-corrected chi connectivity index (χ1v) is 11.9. The number of hydrogen-bond acceptors (Lipinski definition) is 2. The van der Waals surface area contributed by atoms with Gasteiger partial charge in [0.25, 0.3) is 0 Å². The lowest BCUT2D eigenvalue weighted by molar-refractivity contribution is -0.114. The van der Waals surface area contributed by atoms with Crippen molar-refractivity contribution >= 4 is 5.78 Å². The van der Waals surface area contributed by atoms with Crippen LogP contribution in [0.3, 0.4) is 0 Å². The van der Waals surface area contributed by atoms with Crippen molar-refractivity contribution in [1.82, 2.24) is 0 Å². The lowest BCUT2D eigenvalue weighted by Crippen LogP contribution is -2.50. The molecule has 156 valence electrons. The predicted molar refractivity (Wildman–Crippen MR) is 115 cm³/mol. The molecule has 2 nitrogen and oxygen atoms in total. The van der Waals surface area contributed by atoms with Crippen LogP contribution in [0.4, 0.5) is 0 Å². The largest absolute Gasteiger partial charge is 0.393 e. The number of ketones is 1. The minimum absolute atomic E-state index is 0.112. The maximum absolute atomic E-state index is 11.8. The molecule has 0 aromatic carbocycles. The fourth-order valence-electron chi connectivity index (χ4n) is 8.06. The lowest BCUT2D eigenvalue weighted by Gasteiger charge is -2.58. The van der Waals surface area contributed by atoms with Gasteiger partial charge < -0.3 is 5.11 Å². The van der Waals surface area contributed by atoms with Crippen LogP contribution in [0.25, 0.3) is 0 Å². The monoisotopic (exact) mass is 384 g/mol. The molecule has 1 N–H and O–H groups in total. The molecular formula is C26H40O2. The molecule has 0 bridgehead atoms. The highest BCUT2D eigenvalue weighted by Gasteiger charge is 2.58. The SMILES string of the molecule is CCC(=O)/C=C/[C@@H](C)[C@H]1CC[C@H]2[C@@H]3CC=C4C[C@@H](O)CC[C@]4(C)[C@H]3CC[C@]12C. The fraction of sp³-hybridized carbons (Fsp3) is 0.808. The molecule has 2 heteroatoms. The van der Waals surface area contributed by atoms with Gasteiger partial charge in [-0.3, -0.25) is 4.79 Å². The normalized spacial score (nSPS) is 46.5. The summed E-state index contributed by atoms with van der Waals surface area (Å²) in [4.78, 5) is 11.8. The van der Waals surface area contributed by atoms with E-state index in [-0.39, 0.29) is 11.9 Å². The smallest absolute Gasteiger partial charge is 0.155 e. The Bertz CT molecular complexity index is 676. The van der Waals surface area contributed by atoms with Crippen molar-refractivity contribution in [2.45, 2.75) is 91.6 Å². The van der Waals surface area contributed by atoms with Crippen LogP contribution in [0.15, 0.2) is 23.8 Å². The van der Waals surface area contributed by atoms with Crippen LogP contribution in [0.1, 0.15) is 85.5 Å². The zero-order chi connectivity index (χ0) is 20.1. The quantitative estimate of drug-likeness (QED) is 0.470. The Kier molecular flexibility index (Phi) is 5.40. The molecule has 0 heterocycles. The number of fused-ring (bicyclic) bond motifs is 5. The molecule has 4 aliphatic rings. The minimum atomic E-state index is -0.112. The molecule has 3 saturated carbocycles. The van der Waals surface area contributed by atoms with Gasteiger partial charge in [-0.1, -0.05) is 45.4 Å². The summed E-state index contributed by atoms with van der Waals surface area (Å²) in [5.74, 6) is 3.93. The maximum atomic E-state index is 11.8. The number of hydrogen-bond donors (Lipinski definition) is 1. The van der Waals surface area contributed by atoms with Crippen molar-refractivity contribution in [1.29, 1.82) is 0 Å². The van der Waals surface area contributed by atoms with Gasteiger partial charge in [-0.15, -0.1) is 0 Å². The van der Waals surface area contributed by atoms with E-state index in [9.17, 15) is 9.90 Å². The van der Waals surface area contributed by atoms with Gasteiger partial charge in [-0.05, 0) is 97.9 Å².